The topological polar surface area (TPSA) is 80.3 Å². The monoisotopic (exact) mass is 596 g/mol. The standard InChI is InChI=1S/C36H52O7/c1-5-15-29(16-6-2)35(37)41-26-32-34(40-25-28-21-13-10-14-22-28)31(39-24-27-19-11-9-12-20-27)23-33(42-32)43-36(38)30(17-7-3)18-8-4/h9-14,19-22,29-34H,5-8,15-18,23-26H2,1-4H3/t31-,32-,33+,34+/m1/s1. The van der Waals surface area contributed by atoms with Gasteiger partial charge in [-0.3, -0.25) is 9.59 Å². The Labute approximate surface area is 258 Å². The van der Waals surface area contributed by atoms with Crippen LogP contribution in [0.3, 0.4) is 0 Å². The Kier molecular flexibility index (Phi) is 15.8. The molecule has 0 amide bonds. The Hall–Kier alpha value is -2.74. The number of rotatable bonds is 19. The molecular weight excluding hydrogens is 544 g/mol. The smallest absolute Gasteiger partial charge is 0.311 e. The average Bonchev–Trinajstić information content (AvgIpc) is 3.02. The van der Waals surface area contributed by atoms with Crippen LogP contribution in [0.2, 0.25) is 0 Å². The second kappa shape index (κ2) is 19.5. The van der Waals surface area contributed by atoms with Crippen LogP contribution < -0.4 is 0 Å². The molecule has 0 N–H and O–H groups in total. The van der Waals surface area contributed by atoms with Crippen LogP contribution in [0.15, 0.2) is 60.7 Å². The van der Waals surface area contributed by atoms with E-state index in [-0.39, 0.29) is 30.4 Å². The molecule has 0 radical (unpaired) electrons. The zero-order valence-corrected chi connectivity index (χ0v) is 26.6. The summed E-state index contributed by atoms with van der Waals surface area (Å²) in [5.74, 6) is -0.791. The molecule has 4 atom stereocenters. The van der Waals surface area contributed by atoms with E-state index < -0.39 is 24.6 Å². The van der Waals surface area contributed by atoms with Crippen molar-refractivity contribution in [2.75, 3.05) is 6.61 Å². The SMILES string of the molecule is CCCC(CCC)C(=O)OC[C@H]1O[C@@H](OC(=O)C(CCC)CCC)C[C@@H](OCc2ccccc2)[C@@H]1OCc1ccccc1. The van der Waals surface area contributed by atoms with Crippen LogP contribution in [-0.4, -0.2) is 43.1 Å². The van der Waals surface area contributed by atoms with E-state index in [4.69, 9.17) is 23.7 Å². The van der Waals surface area contributed by atoms with Crippen LogP contribution in [0, 0.1) is 11.8 Å². The highest BCUT2D eigenvalue weighted by Crippen LogP contribution is 2.30. The lowest BCUT2D eigenvalue weighted by Crippen LogP contribution is -2.53. The van der Waals surface area contributed by atoms with Gasteiger partial charge in [0.2, 0.25) is 6.29 Å². The number of ether oxygens (including phenoxy) is 5. The number of benzene rings is 2. The fourth-order valence-corrected chi connectivity index (χ4v) is 5.68. The van der Waals surface area contributed by atoms with Crippen LogP contribution in [0.25, 0.3) is 0 Å². The maximum atomic E-state index is 13.2. The third-order valence-electron chi connectivity index (χ3n) is 7.93. The minimum atomic E-state index is -0.827. The van der Waals surface area contributed by atoms with Crippen molar-refractivity contribution in [1.29, 1.82) is 0 Å². The quantitative estimate of drug-likeness (QED) is 0.153. The van der Waals surface area contributed by atoms with Gasteiger partial charge < -0.3 is 23.7 Å². The second-order valence-electron chi connectivity index (χ2n) is 11.6. The van der Waals surface area contributed by atoms with E-state index in [0.717, 1.165) is 62.5 Å². The lowest BCUT2D eigenvalue weighted by atomic mass is 9.97. The van der Waals surface area contributed by atoms with E-state index in [1.54, 1.807) is 0 Å². The summed E-state index contributed by atoms with van der Waals surface area (Å²) in [7, 11) is 0. The third-order valence-corrected chi connectivity index (χ3v) is 7.93. The van der Waals surface area contributed by atoms with Crippen LogP contribution in [0.1, 0.15) is 96.6 Å². The molecule has 0 aromatic heterocycles. The van der Waals surface area contributed by atoms with E-state index in [1.807, 2.05) is 60.7 Å². The van der Waals surface area contributed by atoms with Gasteiger partial charge in [-0.25, -0.2) is 0 Å². The van der Waals surface area contributed by atoms with Gasteiger partial charge in [0.1, 0.15) is 18.8 Å². The van der Waals surface area contributed by atoms with Crippen LogP contribution >= 0.6 is 0 Å². The highest BCUT2D eigenvalue weighted by molar-refractivity contribution is 5.72. The number of esters is 2. The molecule has 1 aliphatic rings. The van der Waals surface area contributed by atoms with Crippen molar-refractivity contribution in [3.63, 3.8) is 0 Å². The molecule has 0 bridgehead atoms. The highest BCUT2D eigenvalue weighted by atomic mass is 16.7. The van der Waals surface area contributed by atoms with Gasteiger partial charge in [0.15, 0.2) is 0 Å². The number of carbonyl (C=O) groups is 2. The maximum Gasteiger partial charge on any atom is 0.311 e. The molecule has 43 heavy (non-hydrogen) atoms. The van der Waals surface area contributed by atoms with Crippen molar-refractivity contribution in [1.82, 2.24) is 0 Å². The van der Waals surface area contributed by atoms with Gasteiger partial charge in [-0.05, 0) is 36.8 Å². The normalized spacial score (nSPS) is 20.3. The molecule has 3 rings (SSSR count). The minimum absolute atomic E-state index is 0.00514. The summed E-state index contributed by atoms with van der Waals surface area (Å²) in [5, 5.41) is 0. The molecule has 0 unspecified atom stereocenters. The van der Waals surface area contributed by atoms with Crippen molar-refractivity contribution in [3.8, 4) is 0 Å². The Morgan fingerprint density at radius 2 is 1.21 bits per heavy atom. The van der Waals surface area contributed by atoms with E-state index in [2.05, 4.69) is 27.7 Å². The van der Waals surface area contributed by atoms with Crippen LogP contribution in [0.5, 0.6) is 0 Å². The molecule has 7 heteroatoms. The van der Waals surface area contributed by atoms with Crippen molar-refractivity contribution in [2.45, 2.75) is 123 Å². The summed E-state index contributed by atoms with van der Waals surface area (Å²) < 4.78 is 31.2. The van der Waals surface area contributed by atoms with Crippen molar-refractivity contribution in [2.24, 2.45) is 11.8 Å². The molecule has 238 valence electrons. The molecule has 0 spiro atoms. The lowest BCUT2D eigenvalue weighted by molar-refractivity contribution is -0.272. The first-order valence-electron chi connectivity index (χ1n) is 16.3. The predicted molar refractivity (Wildman–Crippen MR) is 167 cm³/mol. The molecule has 2 aromatic rings. The predicted octanol–water partition coefficient (Wildman–Crippen LogP) is 7.79. The van der Waals surface area contributed by atoms with Crippen LogP contribution in [-0.2, 0) is 46.5 Å². The van der Waals surface area contributed by atoms with Gasteiger partial charge in [0, 0.05) is 6.42 Å². The van der Waals surface area contributed by atoms with Gasteiger partial charge in [0.25, 0.3) is 0 Å². The fourth-order valence-electron chi connectivity index (χ4n) is 5.68. The van der Waals surface area contributed by atoms with Crippen molar-refractivity contribution >= 4 is 11.9 Å². The summed E-state index contributed by atoms with van der Waals surface area (Å²) in [4.78, 5) is 26.3. The Bertz CT molecular complexity index is 1030. The van der Waals surface area contributed by atoms with Crippen LogP contribution in [0.4, 0.5) is 0 Å². The molecule has 1 fully saturated rings. The Morgan fingerprint density at radius 1 is 0.721 bits per heavy atom. The summed E-state index contributed by atoms with van der Waals surface area (Å²) in [6, 6.07) is 19.9. The average molecular weight is 597 g/mol. The number of hydrogen-bond donors (Lipinski definition) is 0. The largest absolute Gasteiger partial charge is 0.463 e. The van der Waals surface area contributed by atoms with Gasteiger partial charge in [0.05, 0.1) is 31.2 Å². The molecule has 7 nitrogen and oxygen atoms in total. The van der Waals surface area contributed by atoms with Crippen molar-refractivity contribution < 1.29 is 33.3 Å². The minimum Gasteiger partial charge on any atom is -0.463 e. The summed E-state index contributed by atoms with van der Waals surface area (Å²) >= 11 is 0. The van der Waals surface area contributed by atoms with E-state index in [9.17, 15) is 9.59 Å². The first-order valence-corrected chi connectivity index (χ1v) is 16.3. The second-order valence-corrected chi connectivity index (χ2v) is 11.6. The molecule has 2 aromatic carbocycles. The van der Waals surface area contributed by atoms with Gasteiger partial charge >= 0.3 is 11.9 Å². The zero-order chi connectivity index (χ0) is 30.9. The maximum absolute atomic E-state index is 13.2. The Morgan fingerprint density at radius 3 is 1.72 bits per heavy atom. The van der Waals surface area contributed by atoms with E-state index in [1.165, 1.54) is 0 Å². The summed E-state index contributed by atoms with van der Waals surface area (Å²) in [6.07, 6.45) is 4.57. The van der Waals surface area contributed by atoms with E-state index >= 15 is 0 Å². The summed E-state index contributed by atoms with van der Waals surface area (Å²) in [5.41, 5.74) is 2.04. The first kappa shape index (κ1) is 34.7. The van der Waals surface area contributed by atoms with Gasteiger partial charge in [-0.2, -0.15) is 0 Å². The van der Waals surface area contributed by atoms with Gasteiger partial charge in [-0.1, -0.05) is 114 Å². The van der Waals surface area contributed by atoms with Crippen molar-refractivity contribution in [3.05, 3.63) is 71.8 Å². The molecular formula is C36H52O7. The highest BCUT2D eigenvalue weighted by Gasteiger charge is 2.43. The molecule has 1 aliphatic heterocycles. The number of carbonyl (C=O) groups excluding carboxylic acids is 2. The Balaban J connectivity index is 1.83. The summed E-state index contributed by atoms with van der Waals surface area (Å²) in [6.45, 7) is 9.01. The lowest BCUT2D eigenvalue weighted by Gasteiger charge is -2.41. The first-order chi connectivity index (χ1) is 21.0. The fraction of sp³-hybridized carbons (Fsp3) is 0.611. The third kappa shape index (κ3) is 11.7. The molecule has 1 heterocycles. The van der Waals surface area contributed by atoms with Gasteiger partial charge in [-0.15, -0.1) is 0 Å². The zero-order valence-electron chi connectivity index (χ0n) is 26.6. The molecule has 0 aliphatic carbocycles. The number of hydrogen-bond acceptors (Lipinski definition) is 7. The molecule has 0 saturated carbocycles. The molecule has 1 saturated heterocycles. The van der Waals surface area contributed by atoms with E-state index in [0.29, 0.717) is 19.6 Å².